The Hall–Kier alpha value is -3.11. The summed E-state index contributed by atoms with van der Waals surface area (Å²) in [6.45, 7) is 4.39. The number of methoxy groups -OCH3 is 2. The van der Waals surface area contributed by atoms with Crippen LogP contribution in [-0.2, 0) is 14.8 Å². The van der Waals surface area contributed by atoms with E-state index in [1.54, 1.807) is 43.5 Å². The number of hydrogen-bond donors (Lipinski definition) is 2. The van der Waals surface area contributed by atoms with E-state index in [4.69, 9.17) is 9.47 Å². The van der Waals surface area contributed by atoms with E-state index in [-0.39, 0.29) is 41.8 Å². The summed E-state index contributed by atoms with van der Waals surface area (Å²) in [6.07, 6.45) is 1.64. The van der Waals surface area contributed by atoms with Crippen LogP contribution in [0.5, 0.6) is 11.5 Å². The van der Waals surface area contributed by atoms with Crippen molar-refractivity contribution >= 4 is 21.8 Å². The van der Waals surface area contributed by atoms with Gasteiger partial charge in [0.25, 0.3) is 5.91 Å². The lowest BCUT2D eigenvalue weighted by molar-refractivity contribution is -0.125. The van der Waals surface area contributed by atoms with Crippen LogP contribution in [0.15, 0.2) is 53.4 Å². The number of nitrogens with zero attached hydrogens (tertiary/aromatic N) is 1. The zero-order valence-corrected chi connectivity index (χ0v) is 22.0. The van der Waals surface area contributed by atoms with Gasteiger partial charge in [0.2, 0.25) is 15.9 Å². The fourth-order valence-electron chi connectivity index (χ4n) is 4.15. The van der Waals surface area contributed by atoms with Crippen molar-refractivity contribution in [3.8, 4) is 11.5 Å². The SMILES string of the molecule is CC[C@@H](C)NC(=O)[C@H](NC(=O)c1ccc(OC)cc1)C1CCN(S(=O)(=O)c2ccc(OC)cc2)CC1. The van der Waals surface area contributed by atoms with E-state index >= 15 is 0 Å². The molecule has 2 aromatic carbocycles. The van der Waals surface area contributed by atoms with Gasteiger partial charge in [0.1, 0.15) is 17.5 Å². The fourth-order valence-corrected chi connectivity index (χ4v) is 5.62. The Morgan fingerprint density at radius 3 is 1.97 bits per heavy atom. The van der Waals surface area contributed by atoms with E-state index in [9.17, 15) is 18.0 Å². The third-order valence-corrected chi connectivity index (χ3v) is 8.50. The van der Waals surface area contributed by atoms with Gasteiger partial charge >= 0.3 is 0 Å². The van der Waals surface area contributed by atoms with Crippen molar-refractivity contribution < 1.29 is 27.5 Å². The van der Waals surface area contributed by atoms with Crippen LogP contribution < -0.4 is 20.1 Å². The largest absolute Gasteiger partial charge is 0.497 e. The molecule has 1 heterocycles. The lowest BCUT2D eigenvalue weighted by Gasteiger charge is -2.35. The Bertz CT molecular complexity index is 1130. The van der Waals surface area contributed by atoms with Gasteiger partial charge < -0.3 is 20.1 Å². The molecule has 2 atom stereocenters. The molecule has 2 amide bonds. The zero-order chi connectivity index (χ0) is 26.3. The summed E-state index contributed by atoms with van der Waals surface area (Å²) >= 11 is 0. The highest BCUT2D eigenvalue weighted by atomic mass is 32.2. The molecular weight excluding hydrogens is 482 g/mol. The predicted molar refractivity (Wildman–Crippen MR) is 137 cm³/mol. The normalized spacial score (nSPS) is 16.6. The summed E-state index contributed by atoms with van der Waals surface area (Å²) in [4.78, 5) is 26.3. The molecule has 1 saturated heterocycles. The molecular formula is C26H35N3O6S. The average molecular weight is 518 g/mol. The lowest BCUT2D eigenvalue weighted by atomic mass is 9.89. The summed E-state index contributed by atoms with van der Waals surface area (Å²) < 4.78 is 37.9. The summed E-state index contributed by atoms with van der Waals surface area (Å²) in [5, 5.41) is 5.86. The summed E-state index contributed by atoms with van der Waals surface area (Å²) in [5.41, 5.74) is 0.414. The van der Waals surface area contributed by atoms with Crippen LogP contribution in [0.1, 0.15) is 43.5 Å². The number of carbonyl (C=O) groups excluding carboxylic acids is 2. The molecule has 0 spiro atoms. The maximum atomic E-state index is 13.1. The summed E-state index contributed by atoms with van der Waals surface area (Å²) in [5.74, 6) is 0.370. The number of piperidine rings is 1. The summed E-state index contributed by atoms with van der Waals surface area (Å²) in [6, 6.07) is 12.1. The smallest absolute Gasteiger partial charge is 0.251 e. The van der Waals surface area contributed by atoms with Gasteiger partial charge in [-0.3, -0.25) is 9.59 Å². The number of ether oxygens (including phenoxy) is 2. The molecule has 9 nitrogen and oxygen atoms in total. The van der Waals surface area contributed by atoms with Gasteiger partial charge in [-0.25, -0.2) is 8.42 Å². The molecule has 0 bridgehead atoms. The van der Waals surface area contributed by atoms with E-state index in [1.807, 2.05) is 13.8 Å². The first-order valence-electron chi connectivity index (χ1n) is 12.1. The zero-order valence-electron chi connectivity index (χ0n) is 21.2. The lowest BCUT2D eigenvalue weighted by Crippen LogP contribution is -2.55. The number of sulfonamides is 1. The second kappa shape index (κ2) is 12.2. The van der Waals surface area contributed by atoms with Crippen LogP contribution >= 0.6 is 0 Å². The summed E-state index contributed by atoms with van der Waals surface area (Å²) in [7, 11) is -0.603. The molecule has 196 valence electrons. The van der Waals surface area contributed by atoms with Crippen LogP contribution in [-0.4, -0.2) is 63.9 Å². The van der Waals surface area contributed by atoms with Crippen LogP contribution in [0.25, 0.3) is 0 Å². The molecule has 0 aromatic heterocycles. The standard InChI is InChI=1S/C26H35N3O6S/c1-5-18(2)27-26(31)24(28-25(30)20-6-8-21(34-3)9-7-20)19-14-16-29(17-15-19)36(32,33)23-12-10-22(35-4)11-13-23/h6-13,18-19,24H,5,14-17H2,1-4H3,(H,27,31)(H,28,30)/t18-,24-/m1/s1. The average Bonchev–Trinajstić information content (AvgIpc) is 2.91. The van der Waals surface area contributed by atoms with Gasteiger partial charge in [0, 0.05) is 24.7 Å². The van der Waals surface area contributed by atoms with Crippen molar-refractivity contribution in [2.24, 2.45) is 5.92 Å². The van der Waals surface area contributed by atoms with E-state index < -0.39 is 16.1 Å². The third-order valence-electron chi connectivity index (χ3n) is 6.59. The van der Waals surface area contributed by atoms with Crippen molar-refractivity contribution in [3.63, 3.8) is 0 Å². The number of nitrogens with one attached hydrogen (secondary N) is 2. The maximum absolute atomic E-state index is 13.1. The minimum Gasteiger partial charge on any atom is -0.497 e. The molecule has 0 saturated carbocycles. The minimum absolute atomic E-state index is 0.0478. The molecule has 1 aliphatic rings. The van der Waals surface area contributed by atoms with Gasteiger partial charge in [-0.05, 0) is 80.6 Å². The molecule has 1 aliphatic heterocycles. The van der Waals surface area contributed by atoms with Gasteiger partial charge in [0.05, 0.1) is 19.1 Å². The second-order valence-corrected chi connectivity index (χ2v) is 10.9. The number of carbonyl (C=O) groups is 2. The molecule has 10 heteroatoms. The van der Waals surface area contributed by atoms with Crippen molar-refractivity contribution in [3.05, 3.63) is 54.1 Å². The van der Waals surface area contributed by atoms with E-state index in [2.05, 4.69) is 10.6 Å². The van der Waals surface area contributed by atoms with E-state index in [0.29, 0.717) is 29.9 Å². The van der Waals surface area contributed by atoms with Crippen molar-refractivity contribution in [1.82, 2.24) is 14.9 Å². The first-order chi connectivity index (χ1) is 17.2. The highest BCUT2D eigenvalue weighted by Gasteiger charge is 2.36. The van der Waals surface area contributed by atoms with Crippen LogP contribution in [0.2, 0.25) is 0 Å². The molecule has 0 radical (unpaired) electrons. The van der Waals surface area contributed by atoms with Gasteiger partial charge in [0.15, 0.2) is 0 Å². The van der Waals surface area contributed by atoms with Gasteiger partial charge in [-0.1, -0.05) is 6.92 Å². The van der Waals surface area contributed by atoms with Crippen molar-refractivity contribution in [2.75, 3.05) is 27.3 Å². The number of hydrogen-bond acceptors (Lipinski definition) is 6. The molecule has 3 rings (SSSR count). The predicted octanol–water partition coefficient (Wildman–Crippen LogP) is 2.82. The van der Waals surface area contributed by atoms with Crippen molar-refractivity contribution in [2.45, 2.75) is 50.1 Å². The quantitative estimate of drug-likeness (QED) is 0.501. The Kier molecular flexibility index (Phi) is 9.33. The van der Waals surface area contributed by atoms with Crippen LogP contribution in [0.4, 0.5) is 0 Å². The Morgan fingerprint density at radius 2 is 1.47 bits per heavy atom. The van der Waals surface area contributed by atoms with E-state index in [1.165, 1.54) is 23.5 Å². The van der Waals surface area contributed by atoms with Crippen LogP contribution in [0.3, 0.4) is 0 Å². The van der Waals surface area contributed by atoms with Gasteiger partial charge in [-0.2, -0.15) is 4.31 Å². The highest BCUT2D eigenvalue weighted by molar-refractivity contribution is 7.89. The fraction of sp³-hybridized carbons (Fsp3) is 0.462. The molecule has 1 fully saturated rings. The molecule has 2 N–H and O–H groups in total. The van der Waals surface area contributed by atoms with Gasteiger partial charge in [-0.15, -0.1) is 0 Å². The molecule has 0 aliphatic carbocycles. The van der Waals surface area contributed by atoms with E-state index in [0.717, 1.165) is 6.42 Å². The van der Waals surface area contributed by atoms with Crippen LogP contribution in [0, 0.1) is 5.92 Å². The Morgan fingerprint density at radius 1 is 0.944 bits per heavy atom. The number of amides is 2. The molecule has 0 unspecified atom stereocenters. The van der Waals surface area contributed by atoms with Crippen molar-refractivity contribution in [1.29, 1.82) is 0 Å². The number of rotatable bonds is 10. The maximum Gasteiger partial charge on any atom is 0.251 e. The topological polar surface area (TPSA) is 114 Å². The highest BCUT2D eigenvalue weighted by Crippen LogP contribution is 2.27. The first-order valence-corrected chi connectivity index (χ1v) is 13.5. The molecule has 36 heavy (non-hydrogen) atoms. The monoisotopic (exact) mass is 517 g/mol. The Balaban J connectivity index is 1.73. The molecule has 2 aromatic rings. The number of benzene rings is 2. The third kappa shape index (κ3) is 6.55. The second-order valence-electron chi connectivity index (χ2n) is 8.91. The first kappa shape index (κ1) is 27.5. The Labute approximate surface area is 213 Å². The minimum atomic E-state index is -3.67.